The molecule has 0 aromatic carbocycles. The summed E-state index contributed by atoms with van der Waals surface area (Å²) in [4.78, 5) is 17.5. The Morgan fingerprint density at radius 3 is 2.71 bits per heavy atom. The van der Waals surface area contributed by atoms with Crippen molar-refractivity contribution in [3.63, 3.8) is 0 Å². The molecule has 1 aliphatic rings. The highest BCUT2D eigenvalue weighted by Gasteiger charge is 2.26. The minimum Gasteiger partial charge on any atom is -0.335 e. The van der Waals surface area contributed by atoms with E-state index in [1.165, 1.54) is 12.3 Å². The Kier molecular flexibility index (Phi) is 3.38. The Bertz CT molecular complexity index is 414. The Hall–Kier alpha value is -1.49. The van der Waals surface area contributed by atoms with Gasteiger partial charge in [0.15, 0.2) is 5.82 Å². The topological polar surface area (TPSA) is 45.2 Å². The van der Waals surface area contributed by atoms with E-state index < -0.39 is 5.82 Å². The van der Waals surface area contributed by atoms with Gasteiger partial charge in [-0.25, -0.2) is 4.39 Å². The second-order valence-electron chi connectivity index (χ2n) is 4.53. The first kappa shape index (κ1) is 12.0. The zero-order valence-corrected chi connectivity index (χ0v) is 9.98. The van der Waals surface area contributed by atoms with Crippen LogP contribution in [0.4, 0.5) is 4.39 Å². The van der Waals surface area contributed by atoms with Gasteiger partial charge in [-0.05, 0) is 19.9 Å². The predicted octanol–water partition coefficient (Wildman–Crippen LogP) is 1.04. The van der Waals surface area contributed by atoms with Gasteiger partial charge in [-0.2, -0.15) is 0 Å². The lowest BCUT2D eigenvalue weighted by Gasteiger charge is -2.36. The molecule has 0 spiro atoms. The van der Waals surface area contributed by atoms with Crippen molar-refractivity contribution in [1.82, 2.24) is 15.2 Å². The lowest BCUT2D eigenvalue weighted by molar-refractivity contribution is 0.0669. The van der Waals surface area contributed by atoms with Crippen molar-refractivity contribution in [3.05, 3.63) is 29.8 Å². The maximum atomic E-state index is 13.5. The molecule has 5 heteroatoms. The number of piperazine rings is 1. The number of carbonyl (C=O) groups excluding carboxylic acids is 1. The molecule has 0 aliphatic carbocycles. The van der Waals surface area contributed by atoms with Crippen LogP contribution in [0.2, 0.25) is 0 Å². The fourth-order valence-corrected chi connectivity index (χ4v) is 2.21. The number of halogens is 1. The lowest BCUT2D eigenvalue weighted by atomic mass is 10.1. The number of hydrogen-bond acceptors (Lipinski definition) is 3. The molecular formula is C12H16FN3O. The Morgan fingerprint density at radius 2 is 2.12 bits per heavy atom. The van der Waals surface area contributed by atoms with E-state index in [9.17, 15) is 9.18 Å². The van der Waals surface area contributed by atoms with E-state index in [0.29, 0.717) is 13.1 Å². The molecule has 17 heavy (non-hydrogen) atoms. The minimum atomic E-state index is -0.559. The van der Waals surface area contributed by atoms with E-state index >= 15 is 0 Å². The van der Waals surface area contributed by atoms with Crippen LogP contribution in [0.5, 0.6) is 0 Å². The van der Waals surface area contributed by atoms with E-state index in [-0.39, 0.29) is 23.6 Å². The highest BCUT2D eigenvalue weighted by molar-refractivity contribution is 5.94. The summed E-state index contributed by atoms with van der Waals surface area (Å²) in [5.74, 6) is -0.818. The molecular weight excluding hydrogens is 221 g/mol. The smallest absolute Gasteiger partial charge is 0.257 e. The van der Waals surface area contributed by atoms with Gasteiger partial charge in [0.05, 0.1) is 11.8 Å². The van der Waals surface area contributed by atoms with Crippen molar-refractivity contribution < 1.29 is 9.18 Å². The highest BCUT2D eigenvalue weighted by Crippen LogP contribution is 2.12. The van der Waals surface area contributed by atoms with E-state index in [1.807, 2.05) is 13.8 Å². The SMILES string of the molecule is C[C@@H]1CN(C(=O)c2ccncc2F)C[C@@H](C)N1. The molecule has 2 heterocycles. The second kappa shape index (κ2) is 4.79. The fourth-order valence-electron chi connectivity index (χ4n) is 2.21. The summed E-state index contributed by atoms with van der Waals surface area (Å²) in [7, 11) is 0. The van der Waals surface area contributed by atoms with Crippen LogP contribution in [0, 0.1) is 5.82 Å². The first-order chi connectivity index (χ1) is 8.08. The van der Waals surface area contributed by atoms with Crippen molar-refractivity contribution in [2.24, 2.45) is 0 Å². The van der Waals surface area contributed by atoms with E-state index in [1.54, 1.807) is 4.90 Å². The number of nitrogens with one attached hydrogen (secondary N) is 1. The maximum absolute atomic E-state index is 13.5. The van der Waals surface area contributed by atoms with E-state index in [2.05, 4.69) is 10.3 Å². The molecule has 0 bridgehead atoms. The molecule has 1 fully saturated rings. The van der Waals surface area contributed by atoms with E-state index in [4.69, 9.17) is 0 Å². The summed E-state index contributed by atoms with van der Waals surface area (Å²) in [6.07, 6.45) is 2.51. The normalized spacial score (nSPS) is 24.8. The van der Waals surface area contributed by atoms with Crippen molar-refractivity contribution in [3.8, 4) is 0 Å². The van der Waals surface area contributed by atoms with Gasteiger partial charge in [0, 0.05) is 31.4 Å². The molecule has 2 rings (SSSR count). The maximum Gasteiger partial charge on any atom is 0.257 e. The van der Waals surface area contributed by atoms with Crippen LogP contribution in [-0.4, -0.2) is 41.0 Å². The number of amides is 1. The van der Waals surface area contributed by atoms with Crippen LogP contribution < -0.4 is 5.32 Å². The fraction of sp³-hybridized carbons (Fsp3) is 0.500. The number of hydrogen-bond donors (Lipinski definition) is 1. The summed E-state index contributed by atoms with van der Waals surface area (Å²) in [6.45, 7) is 5.23. The summed E-state index contributed by atoms with van der Waals surface area (Å²) in [5.41, 5.74) is 0.0984. The quantitative estimate of drug-likeness (QED) is 0.794. The van der Waals surface area contributed by atoms with Gasteiger partial charge in [0.1, 0.15) is 0 Å². The molecule has 1 amide bonds. The van der Waals surface area contributed by atoms with Crippen molar-refractivity contribution in [2.75, 3.05) is 13.1 Å². The predicted molar refractivity (Wildman–Crippen MR) is 62.2 cm³/mol. The molecule has 1 aromatic rings. The molecule has 4 nitrogen and oxygen atoms in total. The standard InChI is InChI=1S/C12H16FN3O/c1-8-6-16(7-9(2)15-8)12(17)10-3-4-14-5-11(10)13/h3-5,8-9,15H,6-7H2,1-2H3/t8-,9-/m1/s1. The van der Waals surface area contributed by atoms with Crippen LogP contribution in [0.25, 0.3) is 0 Å². The van der Waals surface area contributed by atoms with Gasteiger partial charge >= 0.3 is 0 Å². The molecule has 0 saturated carbocycles. The number of pyridine rings is 1. The molecule has 0 unspecified atom stereocenters. The third kappa shape index (κ3) is 2.61. The van der Waals surface area contributed by atoms with Gasteiger partial charge in [-0.1, -0.05) is 0 Å². The summed E-state index contributed by atoms with van der Waals surface area (Å²) < 4.78 is 13.5. The van der Waals surface area contributed by atoms with Gasteiger partial charge in [-0.15, -0.1) is 0 Å². The van der Waals surface area contributed by atoms with Crippen molar-refractivity contribution in [2.45, 2.75) is 25.9 Å². The average Bonchev–Trinajstić information content (AvgIpc) is 2.27. The largest absolute Gasteiger partial charge is 0.335 e. The molecule has 2 atom stereocenters. The van der Waals surface area contributed by atoms with Crippen LogP contribution in [0.15, 0.2) is 18.5 Å². The van der Waals surface area contributed by atoms with Crippen molar-refractivity contribution >= 4 is 5.91 Å². The van der Waals surface area contributed by atoms with Crippen molar-refractivity contribution in [1.29, 1.82) is 0 Å². The van der Waals surface area contributed by atoms with Crippen LogP contribution in [-0.2, 0) is 0 Å². The monoisotopic (exact) mass is 237 g/mol. The first-order valence-corrected chi connectivity index (χ1v) is 5.72. The molecule has 1 aliphatic heterocycles. The molecule has 1 aromatic heterocycles. The zero-order chi connectivity index (χ0) is 12.4. The number of aromatic nitrogens is 1. The molecule has 1 N–H and O–H groups in total. The Balaban J connectivity index is 2.17. The Morgan fingerprint density at radius 1 is 1.47 bits per heavy atom. The summed E-state index contributed by atoms with van der Waals surface area (Å²) in [5, 5.41) is 3.33. The highest BCUT2D eigenvalue weighted by atomic mass is 19.1. The third-order valence-corrected chi connectivity index (χ3v) is 2.85. The number of nitrogens with zero attached hydrogens (tertiary/aromatic N) is 2. The van der Waals surface area contributed by atoms with Crippen LogP contribution in [0.3, 0.4) is 0 Å². The van der Waals surface area contributed by atoms with Gasteiger partial charge in [0.25, 0.3) is 5.91 Å². The summed E-state index contributed by atoms with van der Waals surface area (Å²) >= 11 is 0. The van der Waals surface area contributed by atoms with Crippen LogP contribution >= 0.6 is 0 Å². The molecule has 1 saturated heterocycles. The third-order valence-electron chi connectivity index (χ3n) is 2.85. The van der Waals surface area contributed by atoms with Gasteiger partial charge < -0.3 is 10.2 Å². The minimum absolute atomic E-state index is 0.0984. The summed E-state index contributed by atoms with van der Waals surface area (Å²) in [6, 6.07) is 1.88. The van der Waals surface area contributed by atoms with Gasteiger partial charge in [-0.3, -0.25) is 9.78 Å². The zero-order valence-electron chi connectivity index (χ0n) is 9.98. The number of rotatable bonds is 1. The average molecular weight is 237 g/mol. The lowest BCUT2D eigenvalue weighted by Crippen LogP contribution is -2.55. The van der Waals surface area contributed by atoms with Gasteiger partial charge in [0.2, 0.25) is 0 Å². The van der Waals surface area contributed by atoms with Crippen LogP contribution in [0.1, 0.15) is 24.2 Å². The first-order valence-electron chi connectivity index (χ1n) is 5.72. The molecule has 92 valence electrons. The second-order valence-corrected chi connectivity index (χ2v) is 4.53. The molecule has 0 radical (unpaired) electrons. The number of carbonyl (C=O) groups is 1. The Labute approximate surface area is 99.8 Å². The van der Waals surface area contributed by atoms with E-state index in [0.717, 1.165) is 6.20 Å².